The molecule has 0 atom stereocenters. The Hall–Kier alpha value is -1.28. The lowest BCUT2D eigenvalue weighted by Gasteiger charge is -2.07. The molecule has 0 radical (unpaired) electrons. The molecule has 0 bridgehead atoms. The molecule has 15 heavy (non-hydrogen) atoms. The molecule has 0 aromatic carbocycles. The summed E-state index contributed by atoms with van der Waals surface area (Å²) in [4.78, 5) is 3.29. The molecule has 0 spiro atoms. The quantitative estimate of drug-likeness (QED) is 0.747. The van der Waals surface area contributed by atoms with Crippen LogP contribution in [0.4, 0.5) is 10.1 Å². The molecule has 1 aromatic rings. The van der Waals surface area contributed by atoms with E-state index in [-0.39, 0.29) is 10.7 Å². The summed E-state index contributed by atoms with van der Waals surface area (Å²) in [6.07, 6.45) is 2.17. The first-order chi connectivity index (χ1) is 6.91. The maximum atomic E-state index is 13.0. The highest BCUT2D eigenvalue weighted by Crippen LogP contribution is 2.12. The number of aromatic nitrogens is 1. The predicted octanol–water partition coefficient (Wildman–Crippen LogP) is 0.248. The SMILES string of the molecule is NC(=S)CS(=O)(=O)Nc1ccncc1F. The third-order valence-electron chi connectivity index (χ3n) is 1.37. The van der Waals surface area contributed by atoms with Crippen LogP contribution in [0.1, 0.15) is 0 Å². The smallest absolute Gasteiger partial charge is 0.239 e. The number of anilines is 1. The molecular formula is C7H8FN3O2S2. The van der Waals surface area contributed by atoms with E-state index >= 15 is 0 Å². The number of pyridine rings is 1. The van der Waals surface area contributed by atoms with Crippen LogP contribution in [0.15, 0.2) is 18.5 Å². The first-order valence-electron chi connectivity index (χ1n) is 3.79. The molecule has 0 aliphatic heterocycles. The first kappa shape index (κ1) is 11.8. The van der Waals surface area contributed by atoms with Crippen molar-refractivity contribution in [3.05, 3.63) is 24.3 Å². The molecule has 0 fully saturated rings. The summed E-state index contributed by atoms with van der Waals surface area (Å²) in [5.74, 6) is -1.28. The Bertz CT molecular complexity index is 475. The highest BCUT2D eigenvalue weighted by atomic mass is 32.2. The summed E-state index contributed by atoms with van der Waals surface area (Å²) in [6, 6.07) is 1.20. The summed E-state index contributed by atoms with van der Waals surface area (Å²) >= 11 is 4.45. The molecule has 5 nitrogen and oxygen atoms in total. The second kappa shape index (κ2) is 4.49. The largest absolute Gasteiger partial charge is 0.392 e. The average molecular weight is 249 g/mol. The van der Waals surface area contributed by atoms with Crippen LogP contribution in [0, 0.1) is 5.82 Å². The summed E-state index contributed by atoms with van der Waals surface area (Å²) < 4.78 is 37.6. The molecule has 8 heteroatoms. The van der Waals surface area contributed by atoms with Gasteiger partial charge in [-0.05, 0) is 6.07 Å². The Morgan fingerprint density at radius 3 is 2.87 bits per heavy atom. The molecule has 1 aromatic heterocycles. The van der Waals surface area contributed by atoms with Gasteiger partial charge in [0.05, 0.1) is 16.9 Å². The summed E-state index contributed by atoms with van der Waals surface area (Å²) in [5, 5.41) is 0. The number of nitrogens with zero attached hydrogens (tertiary/aromatic N) is 1. The maximum Gasteiger partial charge on any atom is 0.239 e. The highest BCUT2D eigenvalue weighted by Gasteiger charge is 2.13. The van der Waals surface area contributed by atoms with E-state index in [1.54, 1.807) is 0 Å². The molecule has 0 unspecified atom stereocenters. The lowest BCUT2D eigenvalue weighted by molar-refractivity contribution is 0.601. The van der Waals surface area contributed by atoms with E-state index in [0.717, 1.165) is 6.20 Å². The standard InChI is InChI=1S/C7H8FN3O2S2/c8-5-3-10-2-1-6(5)11-15(12,13)4-7(9)14/h1-3H,4H2,(H2,9,14)(H,10,11). The van der Waals surface area contributed by atoms with E-state index < -0.39 is 21.6 Å². The summed E-state index contributed by atoms with van der Waals surface area (Å²) in [5.41, 5.74) is 4.90. The molecule has 0 saturated heterocycles. The third-order valence-corrected chi connectivity index (χ3v) is 2.92. The van der Waals surface area contributed by atoms with E-state index in [1.807, 2.05) is 4.72 Å². The van der Waals surface area contributed by atoms with E-state index in [2.05, 4.69) is 17.2 Å². The van der Waals surface area contributed by atoms with Gasteiger partial charge in [-0.1, -0.05) is 12.2 Å². The van der Waals surface area contributed by atoms with Gasteiger partial charge in [-0.25, -0.2) is 12.8 Å². The van der Waals surface area contributed by atoms with Crippen LogP contribution in [0.3, 0.4) is 0 Å². The third kappa shape index (κ3) is 3.76. The zero-order valence-corrected chi connectivity index (χ0v) is 9.11. The summed E-state index contributed by atoms with van der Waals surface area (Å²) in [6.45, 7) is 0. The molecule has 0 amide bonds. The fourth-order valence-electron chi connectivity index (χ4n) is 0.849. The zero-order valence-electron chi connectivity index (χ0n) is 7.47. The number of nitrogens with two attached hydrogens (primary N) is 1. The number of thiocarbonyl (C=S) groups is 1. The second-order valence-corrected chi connectivity index (χ2v) is 4.93. The molecular weight excluding hydrogens is 241 g/mol. The number of halogens is 1. The zero-order chi connectivity index (χ0) is 11.5. The van der Waals surface area contributed by atoms with Crippen LogP contribution < -0.4 is 10.5 Å². The Kier molecular flexibility index (Phi) is 3.53. The number of rotatable bonds is 4. The molecule has 82 valence electrons. The lowest BCUT2D eigenvalue weighted by atomic mass is 10.4. The number of hydrogen-bond donors (Lipinski definition) is 2. The predicted molar refractivity (Wildman–Crippen MR) is 58.4 cm³/mol. The minimum Gasteiger partial charge on any atom is -0.392 e. The normalized spacial score (nSPS) is 11.0. The van der Waals surface area contributed by atoms with Gasteiger partial charge in [-0.3, -0.25) is 9.71 Å². The molecule has 0 aliphatic carbocycles. The van der Waals surface area contributed by atoms with Gasteiger partial charge >= 0.3 is 0 Å². The first-order valence-corrected chi connectivity index (χ1v) is 5.85. The second-order valence-electron chi connectivity index (χ2n) is 2.68. The van der Waals surface area contributed by atoms with Crippen LogP contribution in [-0.2, 0) is 10.0 Å². The van der Waals surface area contributed by atoms with Crippen molar-refractivity contribution in [1.82, 2.24) is 4.98 Å². The Morgan fingerprint density at radius 1 is 1.67 bits per heavy atom. The van der Waals surface area contributed by atoms with Gasteiger partial charge in [0.2, 0.25) is 10.0 Å². The number of nitrogens with one attached hydrogen (secondary N) is 1. The van der Waals surface area contributed by atoms with Crippen molar-refractivity contribution in [3.63, 3.8) is 0 Å². The van der Waals surface area contributed by atoms with Gasteiger partial charge < -0.3 is 5.73 Å². The molecule has 0 aliphatic rings. The van der Waals surface area contributed by atoms with Crippen molar-refractivity contribution in [2.75, 3.05) is 10.5 Å². The van der Waals surface area contributed by atoms with Gasteiger partial charge in [0.25, 0.3) is 0 Å². The molecule has 1 heterocycles. The van der Waals surface area contributed by atoms with Crippen molar-refractivity contribution in [2.24, 2.45) is 5.73 Å². The molecule has 3 N–H and O–H groups in total. The highest BCUT2D eigenvalue weighted by molar-refractivity contribution is 7.95. The average Bonchev–Trinajstić information content (AvgIpc) is 2.06. The van der Waals surface area contributed by atoms with Crippen LogP contribution in [0.25, 0.3) is 0 Å². The number of sulfonamides is 1. The van der Waals surface area contributed by atoms with Gasteiger partial charge in [-0.15, -0.1) is 0 Å². The van der Waals surface area contributed by atoms with Crippen molar-refractivity contribution in [1.29, 1.82) is 0 Å². The number of hydrogen-bond acceptors (Lipinski definition) is 4. The van der Waals surface area contributed by atoms with Crippen LogP contribution >= 0.6 is 12.2 Å². The lowest BCUT2D eigenvalue weighted by Crippen LogP contribution is -2.26. The van der Waals surface area contributed by atoms with E-state index in [9.17, 15) is 12.8 Å². The van der Waals surface area contributed by atoms with Gasteiger partial charge in [-0.2, -0.15) is 0 Å². The monoisotopic (exact) mass is 249 g/mol. The minimum atomic E-state index is -3.74. The Labute approximate surface area is 91.6 Å². The maximum absolute atomic E-state index is 13.0. The van der Waals surface area contributed by atoms with E-state index in [4.69, 9.17) is 5.73 Å². The topological polar surface area (TPSA) is 85.1 Å². The van der Waals surface area contributed by atoms with Crippen LogP contribution in [0.2, 0.25) is 0 Å². The Morgan fingerprint density at radius 2 is 2.33 bits per heavy atom. The Balaban J connectivity index is 2.87. The van der Waals surface area contributed by atoms with Crippen molar-refractivity contribution >= 4 is 32.9 Å². The van der Waals surface area contributed by atoms with Gasteiger partial charge in [0.1, 0.15) is 5.75 Å². The fourth-order valence-corrected chi connectivity index (χ4v) is 2.26. The molecule has 1 rings (SSSR count). The van der Waals surface area contributed by atoms with E-state index in [1.165, 1.54) is 12.3 Å². The minimum absolute atomic E-state index is 0.179. The van der Waals surface area contributed by atoms with Crippen LogP contribution in [-0.4, -0.2) is 24.1 Å². The molecule has 0 saturated carbocycles. The van der Waals surface area contributed by atoms with Crippen molar-refractivity contribution < 1.29 is 12.8 Å². The summed E-state index contributed by atoms with van der Waals surface area (Å²) in [7, 11) is -3.74. The van der Waals surface area contributed by atoms with Crippen LogP contribution in [0.5, 0.6) is 0 Å². The van der Waals surface area contributed by atoms with E-state index in [0.29, 0.717) is 0 Å². The van der Waals surface area contributed by atoms with Crippen molar-refractivity contribution in [3.8, 4) is 0 Å². The van der Waals surface area contributed by atoms with Gasteiger partial charge in [0, 0.05) is 6.20 Å². The van der Waals surface area contributed by atoms with Gasteiger partial charge in [0.15, 0.2) is 5.82 Å². The fraction of sp³-hybridized carbons (Fsp3) is 0.143. The van der Waals surface area contributed by atoms with Crippen molar-refractivity contribution in [2.45, 2.75) is 0 Å².